The molecule has 1 saturated heterocycles. The monoisotopic (exact) mass is 340 g/mol. The van der Waals surface area contributed by atoms with E-state index in [4.69, 9.17) is 4.74 Å². The van der Waals surface area contributed by atoms with E-state index in [9.17, 15) is 14.0 Å². The largest absolute Gasteiger partial charge is 0.376 e. The van der Waals surface area contributed by atoms with Gasteiger partial charge in [-0.15, -0.1) is 11.8 Å². The number of thioether (sulfide) groups is 1. The molecular formula is C16H21FN2O3S. The molecule has 0 spiro atoms. The van der Waals surface area contributed by atoms with Crippen LogP contribution < -0.4 is 10.6 Å². The Hall–Kier alpha value is -1.60. The summed E-state index contributed by atoms with van der Waals surface area (Å²) in [6, 6.07) is 5.55. The van der Waals surface area contributed by atoms with Crippen molar-refractivity contribution in [1.29, 1.82) is 0 Å². The van der Waals surface area contributed by atoms with Crippen LogP contribution in [0.2, 0.25) is 0 Å². The van der Waals surface area contributed by atoms with Crippen molar-refractivity contribution < 1.29 is 18.7 Å². The SMILES string of the molecule is CC(SCC(=O)Nc1ccc(F)cc1)C(=O)NCC1CCCO1. The van der Waals surface area contributed by atoms with Gasteiger partial charge in [0.05, 0.1) is 17.1 Å². The minimum atomic E-state index is -0.353. The lowest BCUT2D eigenvalue weighted by Crippen LogP contribution is -2.37. The molecule has 2 atom stereocenters. The van der Waals surface area contributed by atoms with Crippen molar-refractivity contribution in [1.82, 2.24) is 5.32 Å². The highest BCUT2D eigenvalue weighted by molar-refractivity contribution is 8.01. The zero-order valence-corrected chi connectivity index (χ0v) is 13.8. The highest BCUT2D eigenvalue weighted by atomic mass is 32.2. The Bertz CT molecular complexity index is 533. The van der Waals surface area contributed by atoms with E-state index in [1.807, 2.05) is 0 Å². The van der Waals surface area contributed by atoms with Crippen molar-refractivity contribution in [3.8, 4) is 0 Å². The minimum Gasteiger partial charge on any atom is -0.376 e. The number of nitrogens with one attached hydrogen (secondary N) is 2. The van der Waals surface area contributed by atoms with Crippen LogP contribution in [0.25, 0.3) is 0 Å². The molecule has 0 aliphatic carbocycles. The predicted molar refractivity (Wildman–Crippen MR) is 88.9 cm³/mol. The van der Waals surface area contributed by atoms with Gasteiger partial charge in [-0.1, -0.05) is 0 Å². The quantitative estimate of drug-likeness (QED) is 0.798. The molecule has 2 amide bonds. The van der Waals surface area contributed by atoms with Gasteiger partial charge in [0.25, 0.3) is 0 Å². The second-order valence-electron chi connectivity index (χ2n) is 5.39. The highest BCUT2D eigenvalue weighted by Crippen LogP contribution is 2.14. The van der Waals surface area contributed by atoms with Crippen LogP contribution in [0, 0.1) is 5.82 Å². The number of rotatable bonds is 7. The number of halogens is 1. The zero-order valence-electron chi connectivity index (χ0n) is 13.0. The van der Waals surface area contributed by atoms with Gasteiger partial charge >= 0.3 is 0 Å². The van der Waals surface area contributed by atoms with Gasteiger partial charge in [0.15, 0.2) is 0 Å². The summed E-state index contributed by atoms with van der Waals surface area (Å²) in [7, 11) is 0. The average molecular weight is 340 g/mol. The van der Waals surface area contributed by atoms with Crippen molar-refractivity contribution in [2.75, 3.05) is 24.2 Å². The summed E-state index contributed by atoms with van der Waals surface area (Å²) >= 11 is 1.26. The Morgan fingerprint density at radius 3 is 2.78 bits per heavy atom. The Morgan fingerprint density at radius 1 is 1.39 bits per heavy atom. The maximum absolute atomic E-state index is 12.8. The van der Waals surface area contributed by atoms with Crippen molar-refractivity contribution in [2.45, 2.75) is 31.1 Å². The van der Waals surface area contributed by atoms with Gasteiger partial charge in [-0.25, -0.2) is 4.39 Å². The molecule has 0 saturated carbocycles. The molecule has 7 heteroatoms. The molecule has 2 rings (SSSR count). The molecular weight excluding hydrogens is 319 g/mol. The van der Waals surface area contributed by atoms with Crippen molar-refractivity contribution in [3.63, 3.8) is 0 Å². The smallest absolute Gasteiger partial charge is 0.234 e. The topological polar surface area (TPSA) is 67.4 Å². The lowest BCUT2D eigenvalue weighted by molar-refractivity contribution is -0.120. The molecule has 0 bridgehead atoms. The number of hydrogen-bond acceptors (Lipinski definition) is 4. The van der Waals surface area contributed by atoms with Crippen LogP contribution in [0.5, 0.6) is 0 Å². The third-order valence-corrected chi connectivity index (χ3v) is 4.63. The molecule has 1 aromatic rings. The number of carbonyl (C=O) groups excluding carboxylic acids is 2. The number of amides is 2. The normalized spacial score (nSPS) is 18.4. The number of anilines is 1. The van der Waals surface area contributed by atoms with E-state index in [-0.39, 0.29) is 34.7 Å². The molecule has 2 unspecified atom stereocenters. The van der Waals surface area contributed by atoms with Gasteiger partial charge in [0.1, 0.15) is 5.82 Å². The zero-order chi connectivity index (χ0) is 16.7. The fraction of sp³-hybridized carbons (Fsp3) is 0.500. The van der Waals surface area contributed by atoms with Crippen molar-refractivity contribution in [3.05, 3.63) is 30.1 Å². The van der Waals surface area contributed by atoms with E-state index in [0.717, 1.165) is 19.4 Å². The second kappa shape index (κ2) is 8.88. The molecule has 0 radical (unpaired) electrons. The van der Waals surface area contributed by atoms with Gasteiger partial charge < -0.3 is 15.4 Å². The van der Waals surface area contributed by atoms with Crippen LogP contribution in [0.15, 0.2) is 24.3 Å². The molecule has 5 nitrogen and oxygen atoms in total. The van der Waals surface area contributed by atoms with Crippen LogP contribution in [0.3, 0.4) is 0 Å². The summed E-state index contributed by atoms with van der Waals surface area (Å²) < 4.78 is 18.2. The van der Waals surface area contributed by atoms with E-state index in [0.29, 0.717) is 12.2 Å². The average Bonchev–Trinajstić information content (AvgIpc) is 3.06. The van der Waals surface area contributed by atoms with Crippen LogP contribution in [0.4, 0.5) is 10.1 Å². The molecule has 1 aliphatic rings. The summed E-state index contributed by atoms with van der Waals surface area (Å²) in [6.07, 6.45) is 2.12. The first kappa shape index (κ1) is 17.7. The van der Waals surface area contributed by atoms with E-state index >= 15 is 0 Å². The molecule has 1 fully saturated rings. The van der Waals surface area contributed by atoms with Gasteiger partial charge in [0, 0.05) is 18.8 Å². The molecule has 126 valence electrons. The van der Waals surface area contributed by atoms with E-state index in [2.05, 4.69) is 10.6 Å². The fourth-order valence-electron chi connectivity index (χ4n) is 2.17. The molecule has 1 aromatic carbocycles. The summed E-state index contributed by atoms with van der Waals surface area (Å²) in [5, 5.41) is 5.18. The summed E-state index contributed by atoms with van der Waals surface area (Å²) in [6.45, 7) is 3.04. The molecule has 23 heavy (non-hydrogen) atoms. The third-order valence-electron chi connectivity index (χ3n) is 3.49. The fourth-order valence-corrected chi connectivity index (χ4v) is 2.88. The van der Waals surface area contributed by atoms with Crippen LogP contribution in [0.1, 0.15) is 19.8 Å². The summed E-state index contributed by atoms with van der Waals surface area (Å²) in [5.74, 6) is -0.513. The maximum atomic E-state index is 12.8. The van der Waals surface area contributed by atoms with E-state index in [1.165, 1.54) is 36.0 Å². The Labute approximate surface area is 139 Å². The second-order valence-corrected chi connectivity index (χ2v) is 6.72. The van der Waals surface area contributed by atoms with Gasteiger partial charge in [-0.2, -0.15) is 0 Å². The number of benzene rings is 1. The van der Waals surface area contributed by atoms with Crippen LogP contribution in [-0.4, -0.2) is 42.1 Å². The van der Waals surface area contributed by atoms with Crippen molar-refractivity contribution in [2.24, 2.45) is 0 Å². The Balaban J connectivity index is 1.66. The molecule has 1 aliphatic heterocycles. The lowest BCUT2D eigenvalue weighted by atomic mass is 10.2. The lowest BCUT2D eigenvalue weighted by Gasteiger charge is -2.14. The third kappa shape index (κ3) is 6.19. The first-order chi connectivity index (χ1) is 11.0. The van der Waals surface area contributed by atoms with E-state index in [1.54, 1.807) is 6.92 Å². The van der Waals surface area contributed by atoms with Crippen molar-refractivity contribution >= 4 is 29.3 Å². The van der Waals surface area contributed by atoms with Gasteiger partial charge in [-0.05, 0) is 44.0 Å². The first-order valence-corrected chi connectivity index (χ1v) is 8.66. The standard InChI is InChI=1S/C16H21FN2O3S/c1-11(16(21)18-9-14-3-2-8-22-14)23-10-15(20)19-13-6-4-12(17)5-7-13/h4-7,11,14H,2-3,8-10H2,1H3,(H,18,21)(H,19,20). The highest BCUT2D eigenvalue weighted by Gasteiger charge is 2.19. The predicted octanol–water partition coefficient (Wildman–Crippen LogP) is 2.18. The number of carbonyl (C=O) groups is 2. The maximum Gasteiger partial charge on any atom is 0.234 e. The van der Waals surface area contributed by atoms with Gasteiger partial charge in [0.2, 0.25) is 11.8 Å². The minimum absolute atomic E-state index is 0.0971. The first-order valence-electron chi connectivity index (χ1n) is 7.61. The number of ether oxygens (including phenoxy) is 1. The van der Waals surface area contributed by atoms with Crippen LogP contribution >= 0.6 is 11.8 Å². The number of hydrogen-bond donors (Lipinski definition) is 2. The molecule has 1 heterocycles. The Kier molecular flexibility index (Phi) is 6.85. The molecule has 0 aromatic heterocycles. The summed E-state index contributed by atoms with van der Waals surface area (Å²) in [4.78, 5) is 23.8. The Morgan fingerprint density at radius 2 is 2.13 bits per heavy atom. The van der Waals surface area contributed by atoms with Crippen LogP contribution in [-0.2, 0) is 14.3 Å². The molecule has 2 N–H and O–H groups in total. The summed E-state index contributed by atoms with van der Waals surface area (Å²) in [5.41, 5.74) is 0.535. The van der Waals surface area contributed by atoms with E-state index < -0.39 is 0 Å². The van der Waals surface area contributed by atoms with Gasteiger partial charge in [-0.3, -0.25) is 9.59 Å².